The van der Waals surface area contributed by atoms with Crippen LogP contribution in [0.25, 0.3) is 42.3 Å². The van der Waals surface area contributed by atoms with E-state index in [9.17, 15) is 25.9 Å². The van der Waals surface area contributed by atoms with Crippen LogP contribution in [0.4, 0.5) is 11.4 Å². The first-order chi connectivity index (χ1) is 20.4. The molecule has 2 heterocycles. The summed E-state index contributed by atoms with van der Waals surface area (Å²) < 4.78 is 71.6. The van der Waals surface area contributed by atoms with Gasteiger partial charge in [0, 0.05) is 11.1 Å². The maximum Gasteiger partial charge on any atom is 1.00 e. The second kappa shape index (κ2) is 14.1. The normalized spacial score (nSPS) is 14.8. The quantitative estimate of drug-likeness (QED) is 0.0957. The topological polar surface area (TPSA) is 177 Å². The Labute approximate surface area is 311 Å². The molecule has 3 aromatic carbocycles. The van der Waals surface area contributed by atoms with Crippen LogP contribution in [0.1, 0.15) is 18.9 Å². The number of nitrogens with one attached hydrogen (secondary N) is 1. The van der Waals surface area contributed by atoms with E-state index in [0.717, 1.165) is 22.5 Å². The van der Waals surface area contributed by atoms with Gasteiger partial charge in [0.15, 0.2) is 0 Å². The predicted octanol–water partition coefficient (Wildman–Crippen LogP) is -1.11. The number of rotatable bonds is 7. The molecule has 0 saturated carbocycles. The molecule has 45 heavy (non-hydrogen) atoms. The molecule has 1 aliphatic rings. The van der Waals surface area contributed by atoms with Crippen molar-refractivity contribution >= 4 is 75.5 Å². The van der Waals surface area contributed by atoms with Crippen molar-refractivity contribution < 1.29 is 85.1 Å². The molecule has 0 saturated heterocycles. The smallest absolute Gasteiger partial charge is 0.744 e. The minimum absolute atomic E-state index is 0. The Morgan fingerprint density at radius 3 is 2.09 bits per heavy atom. The molecule has 1 N–H and O–H groups in total. The fourth-order valence-electron chi connectivity index (χ4n) is 4.75. The Morgan fingerprint density at radius 1 is 0.844 bits per heavy atom. The van der Waals surface area contributed by atoms with E-state index >= 15 is 0 Å². The Morgan fingerprint density at radius 2 is 1.47 bits per heavy atom. The van der Waals surface area contributed by atoms with E-state index in [-0.39, 0.29) is 74.8 Å². The maximum atomic E-state index is 11.8. The molecule has 0 spiro atoms. The van der Waals surface area contributed by atoms with E-state index in [0.29, 0.717) is 53.5 Å². The van der Waals surface area contributed by atoms with Gasteiger partial charge in [-0.05, 0) is 79.4 Å². The monoisotopic (exact) mass is 697 g/mol. The molecule has 0 radical (unpaired) electrons. The van der Waals surface area contributed by atoms with Gasteiger partial charge in [-0.15, -0.1) is 27.8 Å². The fourth-order valence-corrected chi connectivity index (χ4v) is 9.52. The van der Waals surface area contributed by atoms with E-state index in [1.807, 2.05) is 6.08 Å². The zero-order chi connectivity index (χ0) is 30.5. The van der Waals surface area contributed by atoms with Gasteiger partial charge >= 0.3 is 59.1 Å². The molecule has 1 unspecified atom stereocenters. The largest absolute Gasteiger partial charge is 1.00 e. The molecular weight excluding hydrogens is 677 g/mol. The summed E-state index contributed by atoms with van der Waals surface area (Å²) in [6.45, 7) is 3.30. The Balaban J connectivity index is 0.00000230. The number of aryl methyl sites for hydroxylation is 1. The number of aromatic nitrogens is 2. The first kappa shape index (κ1) is 36.0. The molecule has 1 atom stereocenters. The molecule has 11 nitrogen and oxygen atoms in total. The fraction of sp³-hybridized carbons (Fsp3) is 0.143. The van der Waals surface area contributed by atoms with E-state index in [1.54, 1.807) is 74.5 Å². The van der Waals surface area contributed by atoms with Crippen LogP contribution in [0.15, 0.2) is 75.9 Å². The Hall–Kier alpha value is -1.86. The molecule has 0 bridgehead atoms. The van der Waals surface area contributed by atoms with E-state index in [4.69, 9.17) is 0 Å². The Bertz CT molecular complexity index is 2270. The van der Waals surface area contributed by atoms with Crippen LogP contribution >= 0.6 is 22.7 Å². The molecule has 0 fully saturated rings. The number of hydrogen-bond donors (Lipinski definition) is 1. The van der Waals surface area contributed by atoms with Crippen LogP contribution in [0.2, 0.25) is 0 Å². The first-order valence-electron chi connectivity index (χ1n) is 12.8. The van der Waals surface area contributed by atoms with Gasteiger partial charge in [0.1, 0.15) is 30.3 Å². The summed E-state index contributed by atoms with van der Waals surface area (Å²) in [5.41, 5.74) is 6.42. The minimum Gasteiger partial charge on any atom is -0.744 e. The van der Waals surface area contributed by atoms with Crippen molar-refractivity contribution in [1.29, 1.82) is 0 Å². The first-order valence-corrected chi connectivity index (χ1v) is 17.2. The molecular formula is C28H21N5Na2O6S4. The van der Waals surface area contributed by atoms with Crippen molar-refractivity contribution in [3.63, 3.8) is 0 Å². The van der Waals surface area contributed by atoms with Crippen LogP contribution in [0, 0.1) is 12.8 Å². The summed E-state index contributed by atoms with van der Waals surface area (Å²) >= 11 is 2.33. The summed E-state index contributed by atoms with van der Waals surface area (Å²) in [6.07, 6.45) is 2.30. The van der Waals surface area contributed by atoms with Crippen molar-refractivity contribution in [3.8, 4) is 21.1 Å². The molecule has 0 amide bonds. The third-order valence-electron chi connectivity index (χ3n) is 6.81. The van der Waals surface area contributed by atoms with Gasteiger partial charge in [-0.3, -0.25) is 5.43 Å². The van der Waals surface area contributed by atoms with Gasteiger partial charge in [-0.1, -0.05) is 24.3 Å². The number of thiazole rings is 2. The van der Waals surface area contributed by atoms with Crippen LogP contribution in [0.5, 0.6) is 0 Å². The van der Waals surface area contributed by atoms with Gasteiger partial charge < -0.3 is 9.11 Å². The van der Waals surface area contributed by atoms with E-state index < -0.39 is 20.2 Å². The van der Waals surface area contributed by atoms with Crippen molar-refractivity contribution in [2.45, 2.75) is 25.2 Å². The van der Waals surface area contributed by atoms with Crippen LogP contribution in [-0.4, -0.2) is 35.9 Å². The number of hydrogen-bond acceptors (Lipinski definition) is 12. The second-order valence-corrected chi connectivity index (χ2v) is 14.5. The number of benzene rings is 3. The molecule has 1 aliphatic carbocycles. The molecule has 5 aromatic rings. The zero-order valence-corrected chi connectivity index (χ0v) is 31.8. The van der Waals surface area contributed by atoms with E-state index in [1.165, 1.54) is 11.3 Å². The molecule has 220 valence electrons. The number of nitrogens with zero attached hydrogens (tertiary/aromatic N) is 4. The van der Waals surface area contributed by atoms with E-state index in [2.05, 4.69) is 25.7 Å². The zero-order valence-electron chi connectivity index (χ0n) is 24.5. The van der Waals surface area contributed by atoms with Crippen molar-refractivity contribution in [2.75, 3.05) is 5.43 Å². The molecule has 0 aliphatic heterocycles. The molecule has 17 heteroatoms. The maximum absolute atomic E-state index is 11.8. The average molecular weight is 698 g/mol. The summed E-state index contributed by atoms with van der Waals surface area (Å²) in [5.74, 6) is -0.384. The van der Waals surface area contributed by atoms with Crippen LogP contribution in [0.3, 0.4) is 0 Å². The van der Waals surface area contributed by atoms with Gasteiger partial charge in [-0.2, -0.15) is 0 Å². The van der Waals surface area contributed by atoms with Crippen LogP contribution < -0.4 is 74.4 Å². The van der Waals surface area contributed by atoms with Crippen molar-refractivity contribution in [1.82, 2.24) is 9.97 Å². The summed E-state index contributed by atoms with van der Waals surface area (Å²) in [7, 11) is -9.22. The minimum atomic E-state index is -4.64. The van der Waals surface area contributed by atoms with Gasteiger partial charge in [-0.25, -0.2) is 26.8 Å². The van der Waals surface area contributed by atoms with Crippen molar-refractivity contribution in [2.24, 2.45) is 16.3 Å². The number of fused-ring (bicyclic) bond motifs is 2. The van der Waals surface area contributed by atoms with Crippen molar-refractivity contribution in [3.05, 3.63) is 76.1 Å². The summed E-state index contributed by atoms with van der Waals surface area (Å²) in [4.78, 5) is 8.71. The summed E-state index contributed by atoms with van der Waals surface area (Å²) in [5, 5.41) is 9.91. The van der Waals surface area contributed by atoms with Gasteiger partial charge in [0.05, 0.1) is 41.3 Å². The molecule has 6 rings (SSSR count). The van der Waals surface area contributed by atoms with Gasteiger partial charge in [0.2, 0.25) is 0 Å². The second-order valence-electron chi connectivity index (χ2n) is 9.86. The number of anilines is 1. The third-order valence-corrected chi connectivity index (χ3v) is 11.5. The standard InChI is InChI=1S/C28H23N5O6S4.2Na/c1-15-3-13-21-23(25(15)42(34,35)36)40-27(29-21)17-5-9-19(10-6-17)31-33-32-20-11-7-18(8-12-20)28-30-22-14-4-16(2)26(24(22)41-28)43(37,38)39;;/h3,5-14,16H,4H2,1-2H3,(H,31,32)(H,34,35,36)(H,37,38,39);;/q;2*+1/p-2. The van der Waals surface area contributed by atoms with Crippen LogP contribution in [-0.2, 0) is 20.2 Å². The molecule has 2 aromatic heterocycles. The summed E-state index contributed by atoms with van der Waals surface area (Å²) in [6, 6.07) is 17.5. The third kappa shape index (κ3) is 7.66. The van der Waals surface area contributed by atoms with Gasteiger partial charge in [0.25, 0.3) is 0 Å². The average Bonchev–Trinajstić information content (AvgIpc) is 3.56. The Kier molecular flexibility index (Phi) is 11.3. The predicted molar refractivity (Wildman–Crippen MR) is 164 cm³/mol. The SMILES string of the molecule is Cc1ccc2nc(-c3ccc(NN=Nc4ccc(-c5nc6c(s5)=C(S(=O)(=O)[O-])C(C)CC=6)cc4)cc3)sc2c1S(=O)(=O)[O-].[Na+].[Na+].